The molecular formula is C26H36N2O3. The highest BCUT2D eigenvalue weighted by Crippen LogP contribution is 2.44. The molecule has 0 radical (unpaired) electrons. The molecule has 1 aliphatic heterocycles. The van der Waals surface area contributed by atoms with Crippen LogP contribution in [0.4, 0.5) is 5.69 Å². The smallest absolute Gasteiger partial charge is 0.337 e. The van der Waals surface area contributed by atoms with Gasteiger partial charge in [-0.3, -0.25) is 4.98 Å². The molecule has 2 aromatic rings. The van der Waals surface area contributed by atoms with E-state index in [1.54, 1.807) is 0 Å². The fraction of sp³-hybridized carbons (Fsp3) is 0.538. The molecule has 5 heteroatoms. The van der Waals surface area contributed by atoms with Gasteiger partial charge in [0.2, 0.25) is 0 Å². The number of nitrogens with zero attached hydrogens (tertiary/aromatic N) is 2. The highest BCUT2D eigenvalue weighted by atomic mass is 16.5. The van der Waals surface area contributed by atoms with Crippen LogP contribution >= 0.6 is 0 Å². The highest BCUT2D eigenvalue weighted by molar-refractivity contribution is 5.87. The zero-order valence-corrected chi connectivity index (χ0v) is 20.0. The van der Waals surface area contributed by atoms with Crippen LogP contribution in [0.3, 0.4) is 0 Å². The molecule has 1 fully saturated rings. The topological polar surface area (TPSA) is 62.7 Å². The van der Waals surface area contributed by atoms with Crippen molar-refractivity contribution in [2.45, 2.75) is 73.0 Å². The van der Waals surface area contributed by atoms with Crippen LogP contribution in [0.5, 0.6) is 0 Å². The molecule has 5 nitrogen and oxygen atoms in total. The molecule has 1 atom stereocenters. The van der Waals surface area contributed by atoms with Crippen molar-refractivity contribution < 1.29 is 14.6 Å². The van der Waals surface area contributed by atoms with E-state index in [1.807, 2.05) is 52.8 Å². The Kier molecular flexibility index (Phi) is 6.47. The van der Waals surface area contributed by atoms with Crippen molar-refractivity contribution in [3.63, 3.8) is 0 Å². The third-order valence-electron chi connectivity index (χ3n) is 6.03. The maximum atomic E-state index is 12.4. The Morgan fingerprint density at radius 3 is 2.19 bits per heavy atom. The van der Waals surface area contributed by atoms with Crippen LogP contribution < -0.4 is 4.90 Å². The minimum absolute atomic E-state index is 0.287. The molecule has 0 saturated carbocycles. The van der Waals surface area contributed by atoms with Crippen molar-refractivity contribution in [3.8, 4) is 11.1 Å². The summed E-state index contributed by atoms with van der Waals surface area (Å²) in [5, 5.41) is 10.2. The Bertz CT molecular complexity index is 935. The lowest BCUT2D eigenvalue weighted by atomic mass is 9.82. The SMILES string of the molecule is Cc1nc(C)c([C@H](OC(C)(C)C)C(=O)O)c(N2CCC(C)(C)CC2)c1-c1ccccc1. The van der Waals surface area contributed by atoms with Gasteiger partial charge in [0.1, 0.15) is 0 Å². The minimum Gasteiger partial charge on any atom is -0.479 e. The summed E-state index contributed by atoms with van der Waals surface area (Å²) in [6.45, 7) is 15.9. The van der Waals surface area contributed by atoms with Gasteiger partial charge in [0.15, 0.2) is 6.10 Å². The van der Waals surface area contributed by atoms with Gasteiger partial charge in [0.25, 0.3) is 0 Å². The van der Waals surface area contributed by atoms with Gasteiger partial charge >= 0.3 is 5.97 Å². The summed E-state index contributed by atoms with van der Waals surface area (Å²) in [5.41, 5.74) is 5.00. The van der Waals surface area contributed by atoms with E-state index in [1.165, 1.54) is 0 Å². The van der Waals surface area contributed by atoms with Crippen LogP contribution in [-0.4, -0.2) is 34.8 Å². The van der Waals surface area contributed by atoms with Gasteiger partial charge in [-0.2, -0.15) is 0 Å². The molecule has 1 aromatic heterocycles. The van der Waals surface area contributed by atoms with Gasteiger partial charge in [-0.05, 0) is 58.4 Å². The zero-order valence-electron chi connectivity index (χ0n) is 20.0. The normalized spacial score (nSPS) is 17.5. The zero-order chi connectivity index (χ0) is 23.0. The largest absolute Gasteiger partial charge is 0.479 e. The van der Waals surface area contributed by atoms with Crippen LogP contribution in [0.2, 0.25) is 0 Å². The summed E-state index contributed by atoms with van der Waals surface area (Å²) in [4.78, 5) is 19.6. The van der Waals surface area contributed by atoms with Gasteiger partial charge in [-0.1, -0.05) is 44.2 Å². The predicted octanol–water partition coefficient (Wildman–Crippen LogP) is 5.93. The summed E-state index contributed by atoms with van der Waals surface area (Å²) in [5.74, 6) is -0.985. The Morgan fingerprint density at radius 2 is 1.68 bits per heavy atom. The van der Waals surface area contributed by atoms with Gasteiger partial charge in [-0.25, -0.2) is 4.79 Å². The number of carbonyl (C=O) groups is 1. The standard InChI is InChI=1S/C26H36N2O3/c1-17-20(19-11-9-8-10-12-19)22(28-15-13-26(6,7)14-16-28)21(18(2)27-17)23(24(29)30)31-25(3,4)5/h8-12,23H,13-16H2,1-7H3,(H,29,30)/t23-/m0/s1. The Morgan fingerprint density at radius 1 is 1.10 bits per heavy atom. The number of hydrogen-bond acceptors (Lipinski definition) is 4. The van der Waals surface area contributed by atoms with Gasteiger partial charge < -0.3 is 14.7 Å². The Hall–Kier alpha value is -2.40. The van der Waals surface area contributed by atoms with Crippen molar-refractivity contribution in [1.29, 1.82) is 0 Å². The van der Waals surface area contributed by atoms with Crippen LogP contribution in [0.25, 0.3) is 11.1 Å². The van der Waals surface area contributed by atoms with Gasteiger partial charge in [0, 0.05) is 35.6 Å². The predicted molar refractivity (Wildman–Crippen MR) is 126 cm³/mol. The Balaban J connectivity index is 2.28. The first-order chi connectivity index (χ1) is 14.4. The second kappa shape index (κ2) is 8.62. The fourth-order valence-electron chi connectivity index (χ4n) is 4.36. The molecule has 168 valence electrons. The summed E-state index contributed by atoms with van der Waals surface area (Å²) in [6.07, 6.45) is 1.03. The van der Waals surface area contributed by atoms with Crippen molar-refractivity contribution in [3.05, 3.63) is 47.3 Å². The van der Waals surface area contributed by atoms with Crippen molar-refractivity contribution in [2.24, 2.45) is 5.41 Å². The van der Waals surface area contributed by atoms with E-state index in [4.69, 9.17) is 9.72 Å². The molecule has 1 saturated heterocycles. The number of aromatic nitrogens is 1. The van der Waals surface area contributed by atoms with Gasteiger partial charge in [0.05, 0.1) is 11.3 Å². The number of hydrogen-bond donors (Lipinski definition) is 1. The molecule has 0 amide bonds. The molecule has 31 heavy (non-hydrogen) atoms. The van der Waals surface area contributed by atoms with Crippen LogP contribution in [0, 0.1) is 19.3 Å². The van der Waals surface area contributed by atoms with E-state index in [2.05, 4.69) is 30.9 Å². The molecule has 0 spiro atoms. The molecule has 1 aromatic carbocycles. The van der Waals surface area contributed by atoms with E-state index in [0.717, 1.165) is 48.4 Å². The van der Waals surface area contributed by atoms with E-state index in [9.17, 15) is 9.90 Å². The summed E-state index contributed by atoms with van der Waals surface area (Å²) in [6, 6.07) is 10.2. The molecule has 2 heterocycles. The third-order valence-corrected chi connectivity index (χ3v) is 6.03. The number of ether oxygens (including phenoxy) is 1. The lowest BCUT2D eigenvalue weighted by Gasteiger charge is -2.41. The molecular weight excluding hydrogens is 388 g/mol. The summed E-state index contributed by atoms with van der Waals surface area (Å²) in [7, 11) is 0. The maximum Gasteiger partial charge on any atom is 0.337 e. The van der Waals surface area contributed by atoms with Crippen molar-refractivity contribution >= 4 is 11.7 Å². The second-order valence-electron chi connectivity index (χ2n) is 10.4. The quantitative estimate of drug-likeness (QED) is 0.644. The van der Waals surface area contributed by atoms with Crippen LogP contribution in [0.15, 0.2) is 30.3 Å². The Labute approximate surface area is 186 Å². The molecule has 0 bridgehead atoms. The number of carboxylic acid groups (broad SMARTS) is 1. The first-order valence-corrected chi connectivity index (χ1v) is 11.1. The fourth-order valence-corrected chi connectivity index (χ4v) is 4.36. The van der Waals surface area contributed by atoms with Crippen LogP contribution in [-0.2, 0) is 9.53 Å². The number of benzene rings is 1. The summed E-state index contributed by atoms with van der Waals surface area (Å²) >= 11 is 0. The average molecular weight is 425 g/mol. The number of piperidine rings is 1. The molecule has 0 aliphatic carbocycles. The van der Waals surface area contributed by atoms with E-state index < -0.39 is 17.7 Å². The van der Waals surface area contributed by atoms with Crippen LogP contribution in [0.1, 0.15) is 70.5 Å². The molecule has 0 unspecified atom stereocenters. The van der Waals surface area contributed by atoms with E-state index in [-0.39, 0.29) is 5.41 Å². The monoisotopic (exact) mass is 424 g/mol. The number of aryl methyl sites for hydroxylation is 2. The summed E-state index contributed by atoms with van der Waals surface area (Å²) < 4.78 is 6.10. The first kappa shape index (κ1) is 23.3. The minimum atomic E-state index is -1.08. The second-order valence-corrected chi connectivity index (χ2v) is 10.4. The maximum absolute atomic E-state index is 12.4. The van der Waals surface area contributed by atoms with Crippen molar-refractivity contribution in [2.75, 3.05) is 18.0 Å². The molecule has 3 rings (SSSR count). The van der Waals surface area contributed by atoms with E-state index in [0.29, 0.717) is 11.3 Å². The third kappa shape index (κ3) is 5.27. The number of carboxylic acids is 1. The highest BCUT2D eigenvalue weighted by Gasteiger charge is 2.36. The number of anilines is 1. The first-order valence-electron chi connectivity index (χ1n) is 11.1. The van der Waals surface area contributed by atoms with Crippen molar-refractivity contribution in [1.82, 2.24) is 4.98 Å². The number of pyridine rings is 1. The lowest BCUT2D eigenvalue weighted by molar-refractivity contribution is -0.160. The van der Waals surface area contributed by atoms with E-state index >= 15 is 0 Å². The number of rotatable bonds is 5. The average Bonchev–Trinajstić information content (AvgIpc) is 2.66. The molecule has 1 N–H and O–H groups in total. The number of aliphatic carboxylic acids is 1. The van der Waals surface area contributed by atoms with Gasteiger partial charge in [-0.15, -0.1) is 0 Å². The molecule has 1 aliphatic rings. The lowest BCUT2D eigenvalue weighted by Crippen LogP contribution is -2.39.